The van der Waals surface area contributed by atoms with Crippen molar-refractivity contribution in [2.24, 2.45) is 0 Å². The Morgan fingerprint density at radius 1 is 1.12 bits per heavy atom. The van der Waals surface area contributed by atoms with Crippen molar-refractivity contribution in [1.82, 2.24) is 14.1 Å². The van der Waals surface area contributed by atoms with Crippen LogP contribution in [0.25, 0.3) is 10.9 Å². The molecule has 0 bridgehead atoms. The molecule has 0 atom stereocenters. The Labute approximate surface area is 98.1 Å². The third-order valence-electron chi connectivity index (χ3n) is 2.92. The number of fused-ring (bicyclic) bond motifs is 1. The van der Waals surface area contributed by atoms with Gasteiger partial charge in [0.25, 0.3) is 0 Å². The van der Waals surface area contributed by atoms with Gasteiger partial charge in [-0.15, -0.1) is 0 Å². The van der Waals surface area contributed by atoms with Crippen LogP contribution in [-0.4, -0.2) is 14.1 Å². The highest BCUT2D eigenvalue weighted by atomic mass is 19.1. The normalized spacial score (nSPS) is 11.1. The van der Waals surface area contributed by atoms with Crippen LogP contribution in [-0.2, 0) is 13.1 Å². The van der Waals surface area contributed by atoms with Gasteiger partial charge in [0.1, 0.15) is 5.82 Å². The van der Waals surface area contributed by atoms with E-state index in [2.05, 4.69) is 9.55 Å². The van der Waals surface area contributed by atoms with Gasteiger partial charge in [-0.1, -0.05) is 6.07 Å². The van der Waals surface area contributed by atoms with Gasteiger partial charge >= 0.3 is 0 Å². The summed E-state index contributed by atoms with van der Waals surface area (Å²) in [7, 11) is 0. The van der Waals surface area contributed by atoms with E-state index in [0.717, 1.165) is 18.6 Å². The van der Waals surface area contributed by atoms with Crippen LogP contribution in [0.5, 0.6) is 0 Å². The summed E-state index contributed by atoms with van der Waals surface area (Å²) in [4.78, 5) is 3.99. The summed E-state index contributed by atoms with van der Waals surface area (Å²) >= 11 is 0. The van der Waals surface area contributed by atoms with E-state index in [0.29, 0.717) is 5.39 Å². The Morgan fingerprint density at radius 2 is 2.06 bits per heavy atom. The zero-order valence-electron chi connectivity index (χ0n) is 9.25. The summed E-state index contributed by atoms with van der Waals surface area (Å²) in [5.41, 5.74) is 0.935. The molecule has 0 amide bonds. The molecule has 0 fully saturated rings. The molecule has 0 saturated heterocycles. The molecule has 0 radical (unpaired) electrons. The first kappa shape index (κ1) is 10.1. The number of benzene rings is 1. The highest BCUT2D eigenvalue weighted by molar-refractivity contribution is 5.80. The molecule has 86 valence electrons. The largest absolute Gasteiger partial charge is 0.346 e. The van der Waals surface area contributed by atoms with Crippen LogP contribution < -0.4 is 0 Å². The van der Waals surface area contributed by atoms with E-state index in [-0.39, 0.29) is 5.82 Å². The van der Waals surface area contributed by atoms with Crippen molar-refractivity contribution < 1.29 is 4.39 Å². The Kier molecular flexibility index (Phi) is 2.40. The van der Waals surface area contributed by atoms with Crippen LogP contribution >= 0.6 is 0 Å². The van der Waals surface area contributed by atoms with E-state index < -0.39 is 0 Å². The molecular formula is C13H12FN3. The van der Waals surface area contributed by atoms with Gasteiger partial charge in [-0.25, -0.2) is 9.37 Å². The zero-order valence-corrected chi connectivity index (χ0v) is 9.25. The van der Waals surface area contributed by atoms with Crippen LogP contribution in [0.4, 0.5) is 4.39 Å². The minimum absolute atomic E-state index is 0.163. The molecule has 0 saturated carbocycles. The molecule has 0 N–H and O–H groups in total. The monoisotopic (exact) mass is 229 g/mol. The maximum absolute atomic E-state index is 13.5. The smallest absolute Gasteiger partial charge is 0.132 e. The van der Waals surface area contributed by atoms with Gasteiger partial charge in [-0.05, 0) is 18.2 Å². The standard InChI is InChI=1S/C13H12FN3/c14-12-2-1-3-13-11(12)4-6-17(13)9-8-16-7-5-15-10-16/h1-7,10H,8-9H2. The van der Waals surface area contributed by atoms with E-state index in [9.17, 15) is 4.39 Å². The number of nitrogens with zero attached hydrogens (tertiary/aromatic N) is 3. The quantitative estimate of drug-likeness (QED) is 0.677. The fourth-order valence-electron chi connectivity index (χ4n) is 2.02. The maximum Gasteiger partial charge on any atom is 0.132 e. The summed E-state index contributed by atoms with van der Waals surface area (Å²) in [6.07, 6.45) is 7.39. The summed E-state index contributed by atoms with van der Waals surface area (Å²) in [6, 6.07) is 6.98. The van der Waals surface area contributed by atoms with Gasteiger partial charge < -0.3 is 9.13 Å². The van der Waals surface area contributed by atoms with Gasteiger partial charge in [-0.3, -0.25) is 0 Å². The number of hydrogen-bond donors (Lipinski definition) is 0. The number of halogens is 1. The van der Waals surface area contributed by atoms with Gasteiger partial charge in [-0.2, -0.15) is 0 Å². The van der Waals surface area contributed by atoms with Crippen molar-refractivity contribution in [2.45, 2.75) is 13.1 Å². The van der Waals surface area contributed by atoms with Crippen molar-refractivity contribution in [3.63, 3.8) is 0 Å². The van der Waals surface area contributed by atoms with Gasteiger partial charge in [0.05, 0.1) is 11.8 Å². The summed E-state index contributed by atoms with van der Waals surface area (Å²) < 4.78 is 17.5. The maximum atomic E-state index is 13.5. The van der Waals surface area contributed by atoms with Crippen LogP contribution in [0.2, 0.25) is 0 Å². The van der Waals surface area contributed by atoms with E-state index >= 15 is 0 Å². The first-order valence-corrected chi connectivity index (χ1v) is 5.54. The molecule has 3 rings (SSSR count). The van der Waals surface area contributed by atoms with Crippen LogP contribution in [0.15, 0.2) is 49.2 Å². The van der Waals surface area contributed by atoms with Gasteiger partial charge in [0.15, 0.2) is 0 Å². The number of aromatic nitrogens is 3. The molecular weight excluding hydrogens is 217 g/mol. The van der Waals surface area contributed by atoms with Crippen molar-refractivity contribution in [3.05, 3.63) is 55.0 Å². The second-order valence-electron chi connectivity index (χ2n) is 3.98. The highest BCUT2D eigenvalue weighted by Crippen LogP contribution is 2.18. The average molecular weight is 229 g/mol. The fourth-order valence-corrected chi connectivity index (χ4v) is 2.02. The van der Waals surface area contributed by atoms with E-state index in [1.807, 2.05) is 29.1 Å². The second kappa shape index (κ2) is 4.05. The molecule has 2 aromatic heterocycles. The van der Waals surface area contributed by atoms with Crippen molar-refractivity contribution >= 4 is 10.9 Å². The molecule has 17 heavy (non-hydrogen) atoms. The summed E-state index contributed by atoms with van der Waals surface area (Å²) in [5.74, 6) is -0.163. The predicted octanol–water partition coefficient (Wildman–Crippen LogP) is 2.68. The van der Waals surface area contributed by atoms with E-state index in [4.69, 9.17) is 0 Å². The van der Waals surface area contributed by atoms with Crippen LogP contribution in [0.3, 0.4) is 0 Å². The van der Waals surface area contributed by atoms with Crippen molar-refractivity contribution in [3.8, 4) is 0 Å². The molecule has 0 aliphatic heterocycles. The van der Waals surface area contributed by atoms with Crippen LogP contribution in [0, 0.1) is 5.82 Å². The molecule has 4 heteroatoms. The molecule has 3 nitrogen and oxygen atoms in total. The first-order valence-electron chi connectivity index (χ1n) is 5.54. The lowest BCUT2D eigenvalue weighted by Crippen LogP contribution is -2.04. The van der Waals surface area contributed by atoms with E-state index in [1.165, 1.54) is 6.07 Å². The predicted molar refractivity (Wildman–Crippen MR) is 64.1 cm³/mol. The molecule has 0 spiro atoms. The van der Waals surface area contributed by atoms with Crippen LogP contribution in [0.1, 0.15) is 0 Å². The Balaban J connectivity index is 1.88. The molecule has 0 aliphatic rings. The SMILES string of the molecule is Fc1cccc2c1ccn2CCn1ccnc1. The summed E-state index contributed by atoms with van der Waals surface area (Å²) in [6.45, 7) is 1.64. The lowest BCUT2D eigenvalue weighted by molar-refractivity contribution is 0.591. The Hall–Kier alpha value is -2.10. The lowest BCUT2D eigenvalue weighted by atomic mass is 10.2. The topological polar surface area (TPSA) is 22.8 Å². The van der Waals surface area contributed by atoms with Crippen molar-refractivity contribution in [1.29, 1.82) is 0 Å². The molecule has 0 unspecified atom stereocenters. The molecule has 2 heterocycles. The first-order chi connectivity index (χ1) is 8.34. The number of rotatable bonds is 3. The molecule has 3 aromatic rings. The fraction of sp³-hybridized carbons (Fsp3) is 0.154. The van der Waals surface area contributed by atoms with Crippen molar-refractivity contribution in [2.75, 3.05) is 0 Å². The van der Waals surface area contributed by atoms with Gasteiger partial charge in [0, 0.05) is 37.1 Å². The third-order valence-corrected chi connectivity index (χ3v) is 2.92. The molecule has 0 aliphatic carbocycles. The number of hydrogen-bond acceptors (Lipinski definition) is 1. The number of aryl methyl sites for hydroxylation is 2. The molecule has 1 aromatic carbocycles. The number of imidazole rings is 1. The average Bonchev–Trinajstić information content (AvgIpc) is 2.95. The minimum atomic E-state index is -0.163. The second-order valence-corrected chi connectivity index (χ2v) is 3.98. The van der Waals surface area contributed by atoms with E-state index in [1.54, 1.807) is 18.6 Å². The third kappa shape index (κ3) is 1.82. The Bertz CT molecular complexity index is 625. The highest BCUT2D eigenvalue weighted by Gasteiger charge is 2.04. The van der Waals surface area contributed by atoms with Gasteiger partial charge in [0.2, 0.25) is 0 Å². The lowest BCUT2D eigenvalue weighted by Gasteiger charge is -2.06. The zero-order chi connectivity index (χ0) is 11.7. The Morgan fingerprint density at radius 3 is 2.88 bits per heavy atom. The summed E-state index contributed by atoms with van der Waals surface area (Å²) in [5, 5.41) is 0.679. The minimum Gasteiger partial charge on any atom is -0.346 e.